The monoisotopic (exact) mass is 456 g/mol. The predicted octanol–water partition coefficient (Wildman–Crippen LogP) is 5.41. The van der Waals surface area contributed by atoms with Gasteiger partial charge in [-0.05, 0) is 34.1 Å². The summed E-state index contributed by atoms with van der Waals surface area (Å²) in [4.78, 5) is 0. The molecule has 6 nitrogen and oxygen atoms in total. The summed E-state index contributed by atoms with van der Waals surface area (Å²) in [6.45, 7) is 9.60. The van der Waals surface area contributed by atoms with Crippen molar-refractivity contribution in [2.45, 2.75) is 50.4 Å². The number of halogens is 1. The lowest BCUT2D eigenvalue weighted by molar-refractivity contribution is 0.191. The second kappa shape index (κ2) is 10.0. The van der Waals surface area contributed by atoms with Gasteiger partial charge in [0, 0.05) is 0 Å². The van der Waals surface area contributed by atoms with Crippen LogP contribution in [0.15, 0.2) is 0 Å². The number of hydrogen-bond donors (Lipinski definition) is 0. The van der Waals surface area contributed by atoms with Crippen molar-refractivity contribution >= 4 is 37.8 Å². The fourth-order valence-corrected chi connectivity index (χ4v) is 9.29. The van der Waals surface area contributed by atoms with Crippen LogP contribution in [0.1, 0.15) is 47.5 Å². The Balaban J connectivity index is 5.95. The average Bonchev–Trinajstić information content (AvgIpc) is 2.39. The molecule has 0 unspecified atom stereocenters. The Morgan fingerprint density at radius 3 is 1.24 bits per heavy atom. The molecule has 0 aliphatic carbocycles. The molecule has 0 atom stereocenters. The van der Waals surface area contributed by atoms with Crippen molar-refractivity contribution in [2.24, 2.45) is 0 Å². The molecule has 0 aliphatic heterocycles. The zero-order valence-electron chi connectivity index (χ0n) is 13.5. The van der Waals surface area contributed by atoms with Gasteiger partial charge in [0.1, 0.15) is 0 Å². The Hall–Kier alpha value is 1.03. The van der Waals surface area contributed by atoms with Crippen LogP contribution in [0.25, 0.3) is 0 Å². The van der Waals surface area contributed by atoms with Crippen LogP contribution < -0.4 is 0 Å². The first-order valence-corrected chi connectivity index (χ1v) is 11.4. The van der Waals surface area contributed by atoms with Crippen molar-refractivity contribution in [3.8, 4) is 0 Å². The van der Waals surface area contributed by atoms with E-state index in [0.29, 0.717) is 12.8 Å². The molecule has 0 radical (unpaired) electrons. The van der Waals surface area contributed by atoms with Crippen molar-refractivity contribution in [3.63, 3.8) is 0 Å². The summed E-state index contributed by atoms with van der Waals surface area (Å²) < 4.78 is 46.8. The van der Waals surface area contributed by atoms with Crippen molar-refractivity contribution in [3.05, 3.63) is 0 Å². The van der Waals surface area contributed by atoms with Crippen molar-refractivity contribution < 1.29 is 27.2 Å². The lowest BCUT2D eigenvalue weighted by Crippen LogP contribution is -2.27. The molecule has 0 fully saturated rings. The van der Waals surface area contributed by atoms with Gasteiger partial charge in [0.2, 0.25) is 2.90 Å². The predicted molar refractivity (Wildman–Crippen MR) is 93.4 cm³/mol. The molecule has 0 saturated carbocycles. The summed E-state index contributed by atoms with van der Waals surface area (Å²) in [6.07, 6.45) is 0.999. The van der Waals surface area contributed by atoms with E-state index in [9.17, 15) is 9.13 Å². The van der Waals surface area contributed by atoms with Gasteiger partial charge >= 0.3 is 15.2 Å². The molecule has 0 N–H and O–H groups in total. The van der Waals surface area contributed by atoms with Crippen molar-refractivity contribution in [2.75, 3.05) is 26.4 Å². The molecule has 0 aromatic rings. The highest BCUT2D eigenvalue weighted by molar-refractivity contribution is 14.1. The van der Waals surface area contributed by atoms with Crippen LogP contribution >= 0.6 is 37.8 Å². The van der Waals surface area contributed by atoms with Gasteiger partial charge in [-0.15, -0.1) is 0 Å². The van der Waals surface area contributed by atoms with Crippen molar-refractivity contribution in [1.82, 2.24) is 0 Å². The topological polar surface area (TPSA) is 71.1 Å². The minimum Gasteiger partial charge on any atom is -0.307 e. The lowest BCUT2D eigenvalue weighted by Gasteiger charge is -2.38. The van der Waals surface area contributed by atoms with E-state index in [1.54, 1.807) is 27.7 Å². The quantitative estimate of drug-likeness (QED) is 0.222. The van der Waals surface area contributed by atoms with Crippen LogP contribution in [0.2, 0.25) is 0 Å². The average molecular weight is 456 g/mol. The minimum atomic E-state index is -3.67. The van der Waals surface area contributed by atoms with E-state index in [2.05, 4.69) is 0 Å². The van der Waals surface area contributed by atoms with Gasteiger partial charge in [-0.3, -0.25) is 9.13 Å². The first-order chi connectivity index (χ1) is 9.80. The third kappa shape index (κ3) is 5.00. The zero-order chi connectivity index (χ0) is 16.6. The van der Waals surface area contributed by atoms with Gasteiger partial charge in [0.05, 0.1) is 26.4 Å². The summed E-state index contributed by atoms with van der Waals surface area (Å²) >= 11 is 1.90. The third-order valence-corrected chi connectivity index (χ3v) is 12.7. The maximum Gasteiger partial charge on any atom is 0.358 e. The number of hydrogen-bond acceptors (Lipinski definition) is 6. The van der Waals surface area contributed by atoms with Gasteiger partial charge in [-0.2, -0.15) is 0 Å². The summed E-state index contributed by atoms with van der Waals surface area (Å²) in [6, 6.07) is 0. The van der Waals surface area contributed by atoms with Crippen LogP contribution in [0.3, 0.4) is 0 Å². The van der Waals surface area contributed by atoms with E-state index in [1.165, 1.54) is 0 Å². The molecule has 9 heteroatoms. The molecule has 128 valence electrons. The highest BCUT2D eigenvalue weighted by atomic mass is 127. The van der Waals surface area contributed by atoms with Gasteiger partial charge in [0.15, 0.2) is 0 Å². The standard InChI is InChI=1S/C12H27IO6P2/c1-6-11-12(13,20(14,16-7-2)17-8-3)21(15,18-9-4)19-10-5/h6-11H2,1-5H3. The van der Waals surface area contributed by atoms with Crippen LogP contribution in [-0.2, 0) is 27.2 Å². The molecule has 21 heavy (non-hydrogen) atoms. The summed E-state index contributed by atoms with van der Waals surface area (Å²) in [5, 5.41) is 0. The molecule has 0 aromatic carbocycles. The second-order valence-electron chi connectivity index (χ2n) is 4.13. The van der Waals surface area contributed by atoms with E-state index in [4.69, 9.17) is 18.1 Å². The Labute approximate surface area is 141 Å². The van der Waals surface area contributed by atoms with Crippen LogP contribution in [0, 0.1) is 0 Å². The lowest BCUT2D eigenvalue weighted by atomic mass is 10.4. The van der Waals surface area contributed by atoms with Crippen LogP contribution in [0.4, 0.5) is 0 Å². The highest BCUT2D eigenvalue weighted by Gasteiger charge is 2.63. The minimum absolute atomic E-state index is 0.198. The molecule has 0 heterocycles. The van der Waals surface area contributed by atoms with E-state index >= 15 is 0 Å². The van der Waals surface area contributed by atoms with Gasteiger partial charge in [-0.1, -0.05) is 35.9 Å². The van der Waals surface area contributed by atoms with E-state index < -0.39 is 18.1 Å². The van der Waals surface area contributed by atoms with Gasteiger partial charge in [0.25, 0.3) is 0 Å². The van der Waals surface area contributed by atoms with Crippen LogP contribution in [0.5, 0.6) is 0 Å². The maximum atomic E-state index is 13.2. The number of rotatable bonds is 12. The molecule has 0 rings (SSSR count). The maximum absolute atomic E-state index is 13.2. The smallest absolute Gasteiger partial charge is 0.307 e. The van der Waals surface area contributed by atoms with E-state index in [0.717, 1.165) is 0 Å². The zero-order valence-corrected chi connectivity index (χ0v) is 17.4. The molecule has 0 saturated heterocycles. The fourth-order valence-electron chi connectivity index (χ4n) is 1.89. The Morgan fingerprint density at radius 1 is 0.762 bits per heavy atom. The summed E-state index contributed by atoms with van der Waals surface area (Å²) in [5.74, 6) is 0. The molecule has 0 spiro atoms. The summed E-state index contributed by atoms with van der Waals surface area (Å²) in [5.41, 5.74) is 0. The molecule has 0 aromatic heterocycles. The molecular weight excluding hydrogens is 429 g/mol. The molecule has 0 aliphatic rings. The summed E-state index contributed by atoms with van der Waals surface area (Å²) in [7, 11) is -7.33. The molecule has 0 bridgehead atoms. The van der Waals surface area contributed by atoms with E-state index in [-0.39, 0.29) is 26.4 Å². The van der Waals surface area contributed by atoms with Gasteiger partial charge in [-0.25, -0.2) is 0 Å². The normalized spacial score (nSPS) is 13.6. The largest absolute Gasteiger partial charge is 0.358 e. The second-order valence-corrected chi connectivity index (χ2v) is 12.6. The third-order valence-electron chi connectivity index (χ3n) is 2.60. The first-order valence-electron chi connectivity index (χ1n) is 7.28. The Kier molecular flexibility index (Phi) is 10.5. The Morgan fingerprint density at radius 2 is 1.05 bits per heavy atom. The highest BCUT2D eigenvalue weighted by Crippen LogP contribution is 2.82. The fraction of sp³-hybridized carbons (Fsp3) is 1.00. The molecular formula is C12H27IO6P2. The first kappa shape index (κ1) is 22.0. The SMILES string of the molecule is CCCC(I)(P(=O)(OCC)OCC)P(=O)(OCC)OCC. The molecule has 0 amide bonds. The van der Waals surface area contributed by atoms with Crippen molar-refractivity contribution in [1.29, 1.82) is 0 Å². The van der Waals surface area contributed by atoms with Crippen LogP contribution in [-0.4, -0.2) is 29.3 Å². The number of alkyl halides is 1. The Bertz CT molecular complexity index is 340. The van der Waals surface area contributed by atoms with E-state index in [1.807, 2.05) is 29.5 Å². The van der Waals surface area contributed by atoms with Gasteiger partial charge < -0.3 is 18.1 Å².